The molecule has 4 rings (SSSR count). The number of benzene rings is 2. The van der Waals surface area contributed by atoms with Gasteiger partial charge in [0.05, 0.1) is 11.4 Å². The standard InChI is InChI=1S/C20H16ClN7O2/c1-12-9-15(5-8-17(12)27-11-22-25-26-27)23-20(30)19-18(29)10-13(2)28(24-19)16-6-3-14(21)4-7-16/h3-11H,1-2H3,(H,23,30). The first-order valence-electron chi connectivity index (χ1n) is 8.94. The van der Waals surface area contributed by atoms with Gasteiger partial charge >= 0.3 is 0 Å². The average molecular weight is 422 g/mol. The lowest BCUT2D eigenvalue weighted by atomic mass is 10.1. The molecule has 0 saturated heterocycles. The van der Waals surface area contributed by atoms with Crippen molar-refractivity contribution < 1.29 is 4.79 Å². The molecule has 0 aliphatic carbocycles. The summed E-state index contributed by atoms with van der Waals surface area (Å²) in [6.07, 6.45) is 1.48. The number of rotatable bonds is 4. The summed E-state index contributed by atoms with van der Waals surface area (Å²) in [5.41, 5.74) is 2.75. The third kappa shape index (κ3) is 3.83. The van der Waals surface area contributed by atoms with Gasteiger partial charge in [0.25, 0.3) is 5.91 Å². The molecule has 0 aliphatic heterocycles. The van der Waals surface area contributed by atoms with Crippen molar-refractivity contribution in [1.29, 1.82) is 0 Å². The van der Waals surface area contributed by atoms with Crippen molar-refractivity contribution in [1.82, 2.24) is 30.0 Å². The van der Waals surface area contributed by atoms with Crippen LogP contribution in [0.25, 0.3) is 11.4 Å². The summed E-state index contributed by atoms with van der Waals surface area (Å²) >= 11 is 5.94. The van der Waals surface area contributed by atoms with Gasteiger partial charge in [-0.2, -0.15) is 5.10 Å². The number of hydrogen-bond donors (Lipinski definition) is 1. The number of carbonyl (C=O) groups is 1. The smallest absolute Gasteiger partial charge is 0.280 e. The Bertz CT molecular complexity index is 1280. The lowest BCUT2D eigenvalue weighted by molar-refractivity contribution is 0.101. The second-order valence-corrected chi connectivity index (χ2v) is 7.03. The summed E-state index contributed by atoms with van der Waals surface area (Å²) < 4.78 is 3.05. The average Bonchev–Trinajstić information content (AvgIpc) is 3.23. The fourth-order valence-corrected chi connectivity index (χ4v) is 3.13. The lowest BCUT2D eigenvalue weighted by Gasteiger charge is -2.12. The van der Waals surface area contributed by atoms with Crippen LogP contribution in [0.1, 0.15) is 21.7 Å². The summed E-state index contributed by atoms with van der Waals surface area (Å²) in [5, 5.41) is 18.7. The molecule has 1 amide bonds. The van der Waals surface area contributed by atoms with E-state index in [1.807, 2.05) is 6.92 Å². The second kappa shape index (κ2) is 7.88. The first-order valence-corrected chi connectivity index (χ1v) is 9.32. The van der Waals surface area contributed by atoms with Gasteiger partial charge in [0, 0.05) is 22.5 Å². The van der Waals surface area contributed by atoms with Crippen LogP contribution in [0.5, 0.6) is 0 Å². The molecule has 0 aliphatic rings. The highest BCUT2D eigenvalue weighted by Gasteiger charge is 2.16. The number of hydrogen-bond acceptors (Lipinski definition) is 6. The minimum absolute atomic E-state index is 0.210. The van der Waals surface area contributed by atoms with Crippen molar-refractivity contribution in [3.05, 3.63) is 87.1 Å². The Balaban J connectivity index is 1.63. The summed E-state index contributed by atoms with van der Waals surface area (Å²) in [6, 6.07) is 13.6. The van der Waals surface area contributed by atoms with Crippen molar-refractivity contribution >= 4 is 23.2 Å². The number of aromatic nitrogens is 6. The number of nitrogens with one attached hydrogen (secondary N) is 1. The molecule has 2 heterocycles. The van der Waals surface area contributed by atoms with Crippen LogP contribution in [0.2, 0.25) is 5.02 Å². The molecule has 4 aromatic rings. The molecule has 0 atom stereocenters. The van der Waals surface area contributed by atoms with E-state index in [1.165, 1.54) is 21.8 Å². The second-order valence-electron chi connectivity index (χ2n) is 6.60. The highest BCUT2D eigenvalue weighted by Crippen LogP contribution is 2.18. The maximum Gasteiger partial charge on any atom is 0.280 e. The van der Waals surface area contributed by atoms with Crippen LogP contribution in [0, 0.1) is 13.8 Å². The van der Waals surface area contributed by atoms with Crippen molar-refractivity contribution in [2.75, 3.05) is 5.32 Å². The normalized spacial score (nSPS) is 10.8. The van der Waals surface area contributed by atoms with Gasteiger partial charge in [0.1, 0.15) is 6.33 Å². The predicted molar refractivity (Wildman–Crippen MR) is 111 cm³/mol. The maximum absolute atomic E-state index is 12.8. The first-order chi connectivity index (χ1) is 14.4. The topological polar surface area (TPSA) is 108 Å². The number of nitrogens with zero attached hydrogens (tertiary/aromatic N) is 6. The number of tetrazole rings is 1. The zero-order valence-electron chi connectivity index (χ0n) is 16.1. The molecule has 10 heteroatoms. The molecule has 0 fully saturated rings. The zero-order chi connectivity index (χ0) is 21.3. The van der Waals surface area contributed by atoms with Gasteiger partial charge < -0.3 is 5.32 Å². The highest BCUT2D eigenvalue weighted by molar-refractivity contribution is 6.30. The van der Waals surface area contributed by atoms with Crippen LogP contribution >= 0.6 is 11.6 Å². The molecule has 0 unspecified atom stereocenters. The number of amides is 1. The third-order valence-electron chi connectivity index (χ3n) is 4.44. The van der Waals surface area contributed by atoms with Crippen molar-refractivity contribution in [2.45, 2.75) is 13.8 Å². The molecule has 0 saturated carbocycles. The van der Waals surface area contributed by atoms with Gasteiger partial charge in [0.2, 0.25) is 5.43 Å². The molecular weight excluding hydrogens is 406 g/mol. The van der Waals surface area contributed by atoms with Gasteiger partial charge in [-0.05, 0) is 72.3 Å². The monoisotopic (exact) mass is 421 g/mol. The van der Waals surface area contributed by atoms with Crippen LogP contribution in [0.3, 0.4) is 0 Å². The Labute approximate surface area is 175 Å². The maximum atomic E-state index is 12.8. The number of aryl methyl sites for hydroxylation is 2. The molecule has 1 N–H and O–H groups in total. The Morgan fingerprint density at radius 1 is 1.07 bits per heavy atom. The first kappa shape index (κ1) is 19.5. The van der Waals surface area contributed by atoms with E-state index in [4.69, 9.17) is 11.6 Å². The molecule has 150 valence electrons. The lowest BCUT2D eigenvalue weighted by Crippen LogP contribution is -2.27. The van der Waals surface area contributed by atoms with E-state index in [1.54, 1.807) is 49.4 Å². The quantitative estimate of drug-likeness (QED) is 0.542. The van der Waals surface area contributed by atoms with E-state index < -0.39 is 11.3 Å². The highest BCUT2D eigenvalue weighted by atomic mass is 35.5. The molecule has 2 aromatic heterocycles. The Morgan fingerprint density at radius 2 is 1.83 bits per heavy atom. The van der Waals surface area contributed by atoms with E-state index in [2.05, 4.69) is 25.9 Å². The van der Waals surface area contributed by atoms with Gasteiger partial charge in [-0.15, -0.1) is 5.10 Å². The predicted octanol–water partition coefficient (Wildman–Crippen LogP) is 2.73. The Hall–Kier alpha value is -3.85. The van der Waals surface area contributed by atoms with Crippen molar-refractivity contribution in [3.63, 3.8) is 0 Å². The number of anilines is 1. The number of halogens is 1. The van der Waals surface area contributed by atoms with E-state index in [0.29, 0.717) is 22.1 Å². The van der Waals surface area contributed by atoms with Gasteiger partial charge in [-0.3, -0.25) is 9.59 Å². The fourth-order valence-electron chi connectivity index (χ4n) is 3.00. The third-order valence-corrected chi connectivity index (χ3v) is 4.70. The van der Waals surface area contributed by atoms with Crippen molar-refractivity contribution in [3.8, 4) is 11.4 Å². The van der Waals surface area contributed by atoms with Crippen LogP contribution in [0.4, 0.5) is 5.69 Å². The van der Waals surface area contributed by atoms with E-state index >= 15 is 0 Å². The van der Waals surface area contributed by atoms with Crippen LogP contribution in [0.15, 0.2) is 59.7 Å². The molecule has 30 heavy (non-hydrogen) atoms. The van der Waals surface area contributed by atoms with Gasteiger partial charge in [-0.1, -0.05) is 11.6 Å². The minimum atomic E-state index is -0.600. The Morgan fingerprint density at radius 3 is 2.50 bits per heavy atom. The zero-order valence-corrected chi connectivity index (χ0v) is 16.8. The summed E-state index contributed by atoms with van der Waals surface area (Å²) in [4.78, 5) is 25.2. The van der Waals surface area contributed by atoms with Gasteiger partial charge in [-0.25, -0.2) is 9.36 Å². The van der Waals surface area contributed by atoms with Crippen molar-refractivity contribution in [2.24, 2.45) is 0 Å². The summed E-state index contributed by atoms with van der Waals surface area (Å²) in [5.74, 6) is -0.600. The van der Waals surface area contributed by atoms with E-state index in [0.717, 1.165) is 11.3 Å². The van der Waals surface area contributed by atoms with E-state index in [-0.39, 0.29) is 5.69 Å². The van der Waals surface area contributed by atoms with Crippen LogP contribution in [-0.2, 0) is 0 Å². The molecule has 0 radical (unpaired) electrons. The SMILES string of the molecule is Cc1cc(NC(=O)c2nn(-c3ccc(Cl)cc3)c(C)cc2=O)ccc1-n1cnnn1. The summed E-state index contributed by atoms with van der Waals surface area (Å²) in [7, 11) is 0. The molecule has 0 bridgehead atoms. The molecule has 2 aromatic carbocycles. The van der Waals surface area contributed by atoms with Crippen LogP contribution < -0.4 is 10.7 Å². The molecular formula is C20H16ClN7O2. The minimum Gasteiger partial charge on any atom is -0.320 e. The number of carbonyl (C=O) groups excluding carboxylic acids is 1. The fraction of sp³-hybridized carbons (Fsp3) is 0.100. The van der Waals surface area contributed by atoms with Gasteiger partial charge in [0.15, 0.2) is 5.69 Å². The molecule has 0 spiro atoms. The van der Waals surface area contributed by atoms with Crippen LogP contribution in [-0.4, -0.2) is 35.9 Å². The van der Waals surface area contributed by atoms with E-state index in [9.17, 15) is 9.59 Å². The molecule has 9 nitrogen and oxygen atoms in total. The largest absolute Gasteiger partial charge is 0.320 e. The summed E-state index contributed by atoms with van der Waals surface area (Å²) in [6.45, 7) is 3.61. The Kier molecular flexibility index (Phi) is 5.11.